The maximum absolute atomic E-state index is 13.7. The molecule has 0 aliphatic carbocycles. The van der Waals surface area contributed by atoms with Crippen LogP contribution in [0.25, 0.3) is 0 Å². The van der Waals surface area contributed by atoms with Crippen molar-refractivity contribution < 1.29 is 41.0 Å². The Morgan fingerprint density at radius 1 is 0.867 bits per heavy atom. The molecule has 0 aromatic heterocycles. The lowest BCUT2D eigenvalue weighted by atomic mass is 9.93. The van der Waals surface area contributed by atoms with E-state index < -0.39 is 52.4 Å². The number of benzene rings is 2. The van der Waals surface area contributed by atoms with Gasteiger partial charge in [0.2, 0.25) is 34.8 Å². The van der Waals surface area contributed by atoms with Gasteiger partial charge in [0.25, 0.3) is 0 Å². The minimum absolute atomic E-state index is 0.482. The van der Waals surface area contributed by atoms with Crippen LogP contribution in [0.2, 0.25) is 0 Å². The van der Waals surface area contributed by atoms with Crippen LogP contribution in [0.5, 0.6) is 17.2 Å². The second kappa shape index (κ2) is 8.86. The molecule has 0 heterocycles. The second-order valence-electron chi connectivity index (χ2n) is 6.91. The zero-order chi connectivity index (χ0) is 22.8. The van der Waals surface area contributed by atoms with Crippen molar-refractivity contribution in [3.8, 4) is 17.2 Å². The number of nitrogens with one attached hydrogen (secondary N) is 1. The Morgan fingerprint density at radius 3 is 1.73 bits per heavy atom. The number of halogens is 5. The molecule has 0 aliphatic rings. The van der Waals surface area contributed by atoms with E-state index in [0.29, 0.717) is 17.1 Å². The van der Waals surface area contributed by atoms with Crippen LogP contribution in [-0.2, 0) is 10.3 Å². The van der Waals surface area contributed by atoms with Crippen molar-refractivity contribution in [2.24, 2.45) is 0 Å². The fourth-order valence-corrected chi connectivity index (χ4v) is 2.72. The van der Waals surface area contributed by atoms with Gasteiger partial charge >= 0.3 is 5.97 Å². The number of carbonyl (C=O) groups is 1. The molecule has 164 valence electrons. The third kappa shape index (κ3) is 4.64. The topological polar surface area (TPSA) is 56.8 Å². The van der Waals surface area contributed by atoms with Gasteiger partial charge in [-0.3, -0.25) is 5.32 Å². The smallest absolute Gasteiger partial charge is 0.328 e. The summed E-state index contributed by atoms with van der Waals surface area (Å²) in [4.78, 5) is 12.3. The van der Waals surface area contributed by atoms with Crippen molar-refractivity contribution in [3.05, 3.63) is 52.8 Å². The number of rotatable bonds is 7. The number of hydrogen-bond acceptors (Lipinski definition) is 5. The largest absolute Gasteiger partial charge is 0.497 e. The molecule has 1 unspecified atom stereocenters. The van der Waals surface area contributed by atoms with Gasteiger partial charge in [0, 0.05) is 11.6 Å². The molecule has 0 saturated carbocycles. The van der Waals surface area contributed by atoms with Crippen LogP contribution < -0.4 is 19.5 Å². The van der Waals surface area contributed by atoms with Crippen LogP contribution in [0.15, 0.2) is 18.2 Å². The Hall–Kier alpha value is -2.88. The minimum Gasteiger partial charge on any atom is -0.497 e. The third-order valence-electron chi connectivity index (χ3n) is 4.38. The van der Waals surface area contributed by atoms with Gasteiger partial charge < -0.3 is 14.2 Å². The van der Waals surface area contributed by atoms with E-state index in [2.05, 4.69) is 10.1 Å². The van der Waals surface area contributed by atoms with Crippen molar-refractivity contribution in [2.75, 3.05) is 14.2 Å². The second-order valence-corrected chi connectivity index (χ2v) is 6.91. The van der Waals surface area contributed by atoms with Gasteiger partial charge in [0.1, 0.15) is 17.5 Å². The molecule has 0 saturated heterocycles. The zero-order valence-corrected chi connectivity index (χ0v) is 16.8. The molecule has 0 bridgehead atoms. The molecule has 2 rings (SSSR count). The number of esters is 1. The number of ether oxygens (including phenoxy) is 3. The number of methoxy groups -OCH3 is 2. The molecular formula is C20H20F5NO4. The van der Waals surface area contributed by atoms with Crippen LogP contribution in [-0.4, -0.2) is 26.2 Å². The number of hydrogen-bond donors (Lipinski definition) is 1. The average molecular weight is 433 g/mol. The predicted molar refractivity (Wildman–Crippen MR) is 97.0 cm³/mol. The molecule has 10 heteroatoms. The fourth-order valence-electron chi connectivity index (χ4n) is 2.72. The highest BCUT2D eigenvalue weighted by Gasteiger charge is 2.32. The fraction of sp³-hybridized carbons (Fsp3) is 0.350. The van der Waals surface area contributed by atoms with Crippen molar-refractivity contribution in [3.63, 3.8) is 0 Å². The van der Waals surface area contributed by atoms with Crippen LogP contribution in [0.1, 0.15) is 26.3 Å². The summed E-state index contributed by atoms with van der Waals surface area (Å²) in [6, 6.07) is 3.81. The predicted octanol–water partition coefficient (Wildman–Crippen LogP) is 4.22. The van der Waals surface area contributed by atoms with E-state index in [4.69, 9.17) is 9.47 Å². The van der Waals surface area contributed by atoms with Crippen LogP contribution in [0.4, 0.5) is 22.0 Å². The first-order valence-electron chi connectivity index (χ1n) is 8.67. The van der Waals surface area contributed by atoms with Gasteiger partial charge in [-0.1, -0.05) is 0 Å². The summed E-state index contributed by atoms with van der Waals surface area (Å²) in [6.45, 7) is 4.71. The highest BCUT2D eigenvalue weighted by atomic mass is 19.2. The van der Waals surface area contributed by atoms with Crippen molar-refractivity contribution >= 4 is 5.97 Å². The zero-order valence-electron chi connectivity index (χ0n) is 16.8. The average Bonchev–Trinajstić information content (AvgIpc) is 2.72. The Kier molecular flexibility index (Phi) is 6.91. The lowest BCUT2D eigenvalue weighted by Crippen LogP contribution is -2.47. The Labute approximate surface area is 169 Å². The summed E-state index contributed by atoms with van der Waals surface area (Å²) in [5.74, 6) is -13.2. The molecule has 1 N–H and O–H groups in total. The van der Waals surface area contributed by atoms with Gasteiger partial charge in [0.05, 0.1) is 14.2 Å². The standard InChI is InChI=1S/C20H20F5NO4/c1-9(19(27)30-18-16(24)14(22)13(21)15(23)17(18)25)26-20(2,3)10-6-11(28-4)8-12(7-10)29-5/h6-9,26H,1-5H3. The molecule has 2 aromatic carbocycles. The lowest BCUT2D eigenvalue weighted by molar-refractivity contribution is -0.137. The van der Waals surface area contributed by atoms with Crippen molar-refractivity contribution in [2.45, 2.75) is 32.4 Å². The van der Waals surface area contributed by atoms with E-state index in [9.17, 15) is 26.7 Å². The van der Waals surface area contributed by atoms with E-state index in [-0.39, 0.29) is 0 Å². The van der Waals surface area contributed by atoms with Gasteiger partial charge in [0.15, 0.2) is 0 Å². The monoisotopic (exact) mass is 433 g/mol. The molecule has 0 spiro atoms. The van der Waals surface area contributed by atoms with Crippen LogP contribution >= 0.6 is 0 Å². The van der Waals surface area contributed by atoms with Gasteiger partial charge in [-0.25, -0.2) is 18.0 Å². The molecular weight excluding hydrogens is 413 g/mol. The molecule has 5 nitrogen and oxygen atoms in total. The normalized spacial score (nSPS) is 12.5. The van der Waals surface area contributed by atoms with E-state index in [1.54, 1.807) is 32.0 Å². The summed E-state index contributed by atoms with van der Waals surface area (Å²) in [6.07, 6.45) is 0. The Morgan fingerprint density at radius 2 is 1.30 bits per heavy atom. The first-order chi connectivity index (χ1) is 13.9. The molecule has 1 atom stereocenters. The molecule has 2 aromatic rings. The third-order valence-corrected chi connectivity index (χ3v) is 4.38. The first-order valence-corrected chi connectivity index (χ1v) is 8.67. The first kappa shape index (κ1) is 23.4. The molecule has 0 fully saturated rings. The summed E-state index contributed by atoms with van der Waals surface area (Å²) in [5.41, 5.74) is -0.272. The summed E-state index contributed by atoms with van der Waals surface area (Å²) >= 11 is 0. The molecule has 30 heavy (non-hydrogen) atoms. The van der Waals surface area contributed by atoms with Gasteiger partial charge in [-0.05, 0) is 38.5 Å². The van der Waals surface area contributed by atoms with Gasteiger partial charge in [-0.2, -0.15) is 8.78 Å². The van der Waals surface area contributed by atoms with Crippen molar-refractivity contribution in [1.82, 2.24) is 5.32 Å². The van der Waals surface area contributed by atoms with E-state index in [1.807, 2.05) is 0 Å². The van der Waals surface area contributed by atoms with Crippen molar-refractivity contribution in [1.29, 1.82) is 0 Å². The Balaban J connectivity index is 2.26. The minimum atomic E-state index is -2.34. The molecule has 0 radical (unpaired) electrons. The molecule has 0 aliphatic heterocycles. The highest BCUT2D eigenvalue weighted by molar-refractivity contribution is 5.78. The van der Waals surface area contributed by atoms with Crippen LogP contribution in [0, 0.1) is 29.1 Å². The van der Waals surface area contributed by atoms with E-state index >= 15 is 0 Å². The quantitative estimate of drug-likeness (QED) is 0.233. The maximum atomic E-state index is 13.7. The summed E-state index contributed by atoms with van der Waals surface area (Å²) < 4.78 is 82.1. The van der Waals surface area contributed by atoms with Gasteiger partial charge in [-0.15, -0.1) is 0 Å². The SMILES string of the molecule is COc1cc(OC)cc(C(C)(C)NC(C)C(=O)Oc2c(F)c(F)c(F)c(F)c2F)c1. The van der Waals surface area contributed by atoms with Crippen LogP contribution in [0.3, 0.4) is 0 Å². The highest BCUT2D eigenvalue weighted by Crippen LogP contribution is 2.31. The molecule has 0 amide bonds. The van der Waals surface area contributed by atoms with E-state index in [1.165, 1.54) is 21.1 Å². The lowest BCUT2D eigenvalue weighted by Gasteiger charge is -2.30. The summed E-state index contributed by atoms with van der Waals surface area (Å²) in [7, 11) is 2.92. The summed E-state index contributed by atoms with van der Waals surface area (Å²) in [5, 5.41) is 2.88. The number of carbonyl (C=O) groups excluding carboxylic acids is 1. The maximum Gasteiger partial charge on any atom is 0.328 e. The Bertz CT molecular complexity index is 913. The van der Waals surface area contributed by atoms with E-state index in [0.717, 1.165) is 0 Å².